The monoisotopic (exact) mass is 267 g/mol. The summed E-state index contributed by atoms with van der Waals surface area (Å²) < 4.78 is 13.6. The van der Waals surface area contributed by atoms with Gasteiger partial charge in [-0.15, -0.1) is 23.1 Å². The topological polar surface area (TPSA) is 26.0 Å². The molecule has 0 aliphatic rings. The van der Waals surface area contributed by atoms with Crippen LogP contribution in [0.3, 0.4) is 0 Å². The van der Waals surface area contributed by atoms with Crippen molar-refractivity contribution in [3.05, 3.63) is 52.5 Å². The van der Waals surface area contributed by atoms with Crippen molar-refractivity contribution in [3.63, 3.8) is 0 Å². The fourth-order valence-corrected chi connectivity index (χ4v) is 3.71. The minimum absolute atomic E-state index is 0.0155. The van der Waals surface area contributed by atoms with Gasteiger partial charge in [-0.05, 0) is 30.5 Å². The maximum Gasteiger partial charge on any atom is 0.136 e. The Balaban J connectivity index is 2.23. The van der Waals surface area contributed by atoms with E-state index in [0.29, 0.717) is 4.90 Å². The molecular formula is C13H14FNS2. The van der Waals surface area contributed by atoms with Gasteiger partial charge in [0.05, 0.1) is 5.25 Å². The molecular weight excluding hydrogens is 253 g/mol. The second-order valence-electron chi connectivity index (χ2n) is 3.84. The molecule has 0 aliphatic carbocycles. The highest BCUT2D eigenvalue weighted by Crippen LogP contribution is 2.39. The summed E-state index contributed by atoms with van der Waals surface area (Å²) in [5, 5.41) is 2.12. The van der Waals surface area contributed by atoms with Gasteiger partial charge >= 0.3 is 0 Å². The Morgan fingerprint density at radius 1 is 1.24 bits per heavy atom. The van der Waals surface area contributed by atoms with Crippen LogP contribution in [-0.2, 0) is 0 Å². The SMILES string of the molecule is CC(N)C(Sc1ccccc1F)c1cccs1. The molecule has 1 aromatic heterocycles. The van der Waals surface area contributed by atoms with Crippen LogP contribution in [0, 0.1) is 5.82 Å². The molecule has 90 valence electrons. The van der Waals surface area contributed by atoms with Crippen LogP contribution in [-0.4, -0.2) is 6.04 Å². The molecule has 17 heavy (non-hydrogen) atoms. The number of nitrogens with two attached hydrogens (primary N) is 1. The van der Waals surface area contributed by atoms with E-state index >= 15 is 0 Å². The zero-order chi connectivity index (χ0) is 12.3. The van der Waals surface area contributed by atoms with Gasteiger partial charge in [0.2, 0.25) is 0 Å². The van der Waals surface area contributed by atoms with Crippen LogP contribution >= 0.6 is 23.1 Å². The summed E-state index contributed by atoms with van der Waals surface area (Å²) in [6, 6.07) is 10.9. The third-order valence-electron chi connectivity index (χ3n) is 2.39. The van der Waals surface area contributed by atoms with E-state index in [-0.39, 0.29) is 17.1 Å². The molecule has 0 fully saturated rings. The molecule has 0 bridgehead atoms. The second-order valence-corrected chi connectivity index (χ2v) is 6.01. The molecule has 0 saturated carbocycles. The van der Waals surface area contributed by atoms with E-state index in [2.05, 4.69) is 0 Å². The van der Waals surface area contributed by atoms with Crippen LogP contribution in [0.25, 0.3) is 0 Å². The molecule has 4 heteroatoms. The second kappa shape index (κ2) is 5.67. The lowest BCUT2D eigenvalue weighted by Crippen LogP contribution is -2.21. The van der Waals surface area contributed by atoms with Gasteiger partial charge in [0.1, 0.15) is 5.82 Å². The lowest BCUT2D eigenvalue weighted by atomic mass is 10.2. The average Bonchev–Trinajstić information content (AvgIpc) is 2.81. The zero-order valence-corrected chi connectivity index (χ0v) is 11.1. The van der Waals surface area contributed by atoms with Crippen molar-refractivity contribution in [2.45, 2.75) is 23.1 Å². The van der Waals surface area contributed by atoms with E-state index in [4.69, 9.17) is 5.73 Å². The van der Waals surface area contributed by atoms with Crippen molar-refractivity contribution < 1.29 is 4.39 Å². The van der Waals surface area contributed by atoms with Gasteiger partial charge < -0.3 is 5.73 Å². The van der Waals surface area contributed by atoms with Gasteiger partial charge in [0, 0.05) is 15.8 Å². The Morgan fingerprint density at radius 2 is 2.00 bits per heavy atom. The smallest absolute Gasteiger partial charge is 0.136 e. The van der Waals surface area contributed by atoms with Crippen molar-refractivity contribution in [1.29, 1.82) is 0 Å². The highest BCUT2D eigenvalue weighted by Gasteiger charge is 2.19. The molecule has 1 nitrogen and oxygen atoms in total. The van der Waals surface area contributed by atoms with Gasteiger partial charge in [-0.25, -0.2) is 4.39 Å². The summed E-state index contributed by atoms with van der Waals surface area (Å²) in [4.78, 5) is 1.84. The molecule has 1 aromatic carbocycles. The zero-order valence-electron chi connectivity index (χ0n) is 9.47. The Bertz CT molecular complexity index is 468. The van der Waals surface area contributed by atoms with Crippen molar-refractivity contribution >= 4 is 23.1 Å². The fourth-order valence-electron chi connectivity index (χ4n) is 1.55. The highest BCUT2D eigenvalue weighted by atomic mass is 32.2. The van der Waals surface area contributed by atoms with Gasteiger partial charge in [-0.3, -0.25) is 0 Å². The number of hydrogen-bond acceptors (Lipinski definition) is 3. The molecule has 2 unspecified atom stereocenters. The summed E-state index contributed by atoms with van der Waals surface area (Å²) >= 11 is 3.15. The van der Waals surface area contributed by atoms with E-state index in [1.165, 1.54) is 22.7 Å². The van der Waals surface area contributed by atoms with Crippen molar-refractivity contribution in [1.82, 2.24) is 0 Å². The van der Waals surface area contributed by atoms with E-state index in [9.17, 15) is 4.39 Å². The minimum Gasteiger partial charge on any atom is -0.327 e. The minimum atomic E-state index is -0.181. The lowest BCUT2D eigenvalue weighted by Gasteiger charge is -2.19. The van der Waals surface area contributed by atoms with E-state index < -0.39 is 0 Å². The Hall–Kier alpha value is -0.840. The van der Waals surface area contributed by atoms with Crippen LogP contribution in [0.1, 0.15) is 17.1 Å². The first-order chi connectivity index (χ1) is 8.18. The number of hydrogen-bond donors (Lipinski definition) is 1. The first-order valence-corrected chi connectivity index (χ1v) is 7.14. The third-order valence-corrected chi connectivity index (χ3v) is 5.02. The highest BCUT2D eigenvalue weighted by molar-refractivity contribution is 7.99. The summed E-state index contributed by atoms with van der Waals surface area (Å²) in [5.41, 5.74) is 5.99. The van der Waals surface area contributed by atoms with Crippen molar-refractivity contribution in [2.75, 3.05) is 0 Å². The Morgan fingerprint density at radius 3 is 2.59 bits per heavy atom. The first kappa shape index (κ1) is 12.6. The van der Waals surface area contributed by atoms with Crippen LogP contribution in [0.5, 0.6) is 0 Å². The first-order valence-electron chi connectivity index (χ1n) is 5.38. The van der Waals surface area contributed by atoms with Crippen LogP contribution in [0.15, 0.2) is 46.7 Å². The quantitative estimate of drug-likeness (QED) is 0.845. The van der Waals surface area contributed by atoms with Crippen LogP contribution < -0.4 is 5.73 Å². The van der Waals surface area contributed by atoms with Crippen LogP contribution in [0.4, 0.5) is 4.39 Å². The van der Waals surface area contributed by atoms with Crippen LogP contribution in [0.2, 0.25) is 0 Å². The molecule has 0 amide bonds. The Kier molecular flexibility index (Phi) is 4.20. The maximum atomic E-state index is 13.6. The summed E-state index contributed by atoms with van der Waals surface area (Å²) in [6.07, 6.45) is 0. The summed E-state index contributed by atoms with van der Waals surface area (Å²) in [5.74, 6) is -0.181. The molecule has 2 atom stereocenters. The predicted molar refractivity (Wildman–Crippen MR) is 73.0 cm³/mol. The molecule has 2 aromatic rings. The molecule has 1 heterocycles. The maximum absolute atomic E-state index is 13.6. The number of halogens is 1. The number of thioether (sulfide) groups is 1. The number of benzene rings is 1. The molecule has 0 aliphatic heterocycles. The number of thiophene rings is 1. The molecule has 0 saturated heterocycles. The van der Waals surface area contributed by atoms with E-state index in [0.717, 1.165) is 0 Å². The molecule has 2 N–H and O–H groups in total. The average molecular weight is 267 g/mol. The fraction of sp³-hybridized carbons (Fsp3) is 0.231. The normalized spacial score (nSPS) is 14.5. The summed E-state index contributed by atoms with van der Waals surface area (Å²) in [7, 11) is 0. The van der Waals surface area contributed by atoms with E-state index in [1.54, 1.807) is 23.5 Å². The van der Waals surface area contributed by atoms with Gasteiger partial charge in [0.15, 0.2) is 0 Å². The third kappa shape index (κ3) is 3.09. The Labute approximate surface area is 109 Å². The lowest BCUT2D eigenvalue weighted by molar-refractivity contribution is 0.600. The molecule has 0 radical (unpaired) electrons. The van der Waals surface area contributed by atoms with Crippen molar-refractivity contribution in [2.24, 2.45) is 5.73 Å². The predicted octanol–water partition coefficient (Wildman–Crippen LogP) is 4.07. The van der Waals surface area contributed by atoms with Gasteiger partial charge in [-0.2, -0.15) is 0 Å². The standard InChI is InChI=1S/C13H14FNS2/c1-9(15)13(12-7-4-8-16-12)17-11-6-3-2-5-10(11)14/h2-9,13H,15H2,1H3. The van der Waals surface area contributed by atoms with Gasteiger partial charge in [-0.1, -0.05) is 18.2 Å². The van der Waals surface area contributed by atoms with Gasteiger partial charge in [0.25, 0.3) is 0 Å². The summed E-state index contributed by atoms with van der Waals surface area (Å²) in [6.45, 7) is 1.96. The molecule has 0 spiro atoms. The van der Waals surface area contributed by atoms with Crippen molar-refractivity contribution in [3.8, 4) is 0 Å². The number of rotatable bonds is 4. The van der Waals surface area contributed by atoms with E-state index in [1.807, 2.05) is 30.5 Å². The molecule has 2 rings (SSSR count). The largest absolute Gasteiger partial charge is 0.327 e.